The van der Waals surface area contributed by atoms with Crippen LogP contribution in [-0.4, -0.2) is 105 Å². The van der Waals surface area contributed by atoms with Crippen molar-refractivity contribution in [2.45, 2.75) is 24.5 Å². The summed E-state index contributed by atoms with van der Waals surface area (Å²) in [6.07, 6.45) is -3.26. The number of carbonyl (C=O) groups excluding carboxylic acids is 1. The lowest BCUT2D eigenvalue weighted by molar-refractivity contribution is -0.0588. The molecule has 1 amide bonds. The molecule has 0 unspecified atom stereocenters. The van der Waals surface area contributed by atoms with Crippen LogP contribution in [-0.2, 0) is 18.4 Å². The molecule has 0 aliphatic carbocycles. The summed E-state index contributed by atoms with van der Waals surface area (Å²) in [4.78, 5) is 79.1. The number of primary amides is 1. The van der Waals surface area contributed by atoms with Crippen LogP contribution in [0, 0.1) is 0 Å². The smallest absolute Gasteiger partial charge is 0.394 e. The molecular formula is C8H21N4O17P3. The number of aromatic nitrogens is 3. The number of hydrogen-bond donors (Lipinski definition) is 13. The molecule has 0 spiro atoms. The van der Waals surface area contributed by atoms with E-state index in [0.29, 0.717) is 0 Å². The first-order valence-corrected chi connectivity index (χ1v) is 11.9. The zero-order valence-corrected chi connectivity index (χ0v) is 17.9. The van der Waals surface area contributed by atoms with E-state index < -0.39 is 60.5 Å². The van der Waals surface area contributed by atoms with Crippen LogP contribution >= 0.6 is 23.5 Å². The number of ether oxygens (including phenoxy) is 1. The Morgan fingerprint density at radius 2 is 1.31 bits per heavy atom. The maximum absolute atomic E-state index is 10.8. The highest BCUT2D eigenvalue weighted by Gasteiger charge is 2.44. The molecule has 1 aromatic rings. The van der Waals surface area contributed by atoms with E-state index in [-0.39, 0.29) is 5.82 Å². The summed E-state index contributed by atoms with van der Waals surface area (Å²) < 4.78 is 32.9. The van der Waals surface area contributed by atoms with E-state index in [2.05, 4.69) is 10.1 Å². The van der Waals surface area contributed by atoms with Crippen LogP contribution < -0.4 is 5.73 Å². The van der Waals surface area contributed by atoms with Crippen molar-refractivity contribution >= 4 is 29.4 Å². The van der Waals surface area contributed by atoms with E-state index >= 15 is 0 Å². The van der Waals surface area contributed by atoms with Gasteiger partial charge in [-0.1, -0.05) is 0 Å². The lowest BCUT2D eigenvalue weighted by Crippen LogP contribution is -2.33. The summed E-state index contributed by atoms with van der Waals surface area (Å²) >= 11 is 0. The van der Waals surface area contributed by atoms with E-state index in [9.17, 15) is 15.0 Å². The van der Waals surface area contributed by atoms with Crippen molar-refractivity contribution in [2.24, 2.45) is 5.73 Å². The van der Waals surface area contributed by atoms with Crippen molar-refractivity contribution in [2.75, 3.05) is 6.61 Å². The largest absolute Gasteiger partial charge is 0.466 e. The van der Waals surface area contributed by atoms with Crippen LogP contribution in [0.1, 0.15) is 16.8 Å². The fourth-order valence-electron chi connectivity index (χ4n) is 1.61. The molecule has 0 saturated carbocycles. The molecule has 1 fully saturated rings. The van der Waals surface area contributed by atoms with Gasteiger partial charge in [0, 0.05) is 0 Å². The summed E-state index contributed by atoms with van der Waals surface area (Å²) in [6, 6.07) is 0. The van der Waals surface area contributed by atoms with Crippen molar-refractivity contribution in [3.63, 3.8) is 0 Å². The Morgan fingerprint density at radius 3 is 1.56 bits per heavy atom. The van der Waals surface area contributed by atoms with E-state index in [1.54, 1.807) is 0 Å². The molecule has 1 aliphatic heterocycles. The molecular weight excluding hydrogens is 517 g/mol. The van der Waals surface area contributed by atoms with Crippen molar-refractivity contribution in [1.82, 2.24) is 14.8 Å². The first-order valence-electron chi connectivity index (χ1n) is 7.22. The Balaban J connectivity index is 0. The molecule has 0 aromatic carbocycles. The van der Waals surface area contributed by atoms with Gasteiger partial charge in [-0.3, -0.25) is 4.79 Å². The zero-order valence-electron chi connectivity index (χ0n) is 15.3. The molecule has 24 heteroatoms. The van der Waals surface area contributed by atoms with Crippen LogP contribution in [0.4, 0.5) is 0 Å². The third-order valence-electron chi connectivity index (χ3n) is 2.51. The number of phosphoric acid groups is 3. The molecule has 1 aromatic heterocycles. The van der Waals surface area contributed by atoms with Gasteiger partial charge in [0.2, 0.25) is 5.82 Å². The van der Waals surface area contributed by atoms with Crippen LogP contribution in [0.25, 0.3) is 0 Å². The van der Waals surface area contributed by atoms with Gasteiger partial charge in [0.1, 0.15) is 24.6 Å². The fourth-order valence-corrected chi connectivity index (χ4v) is 1.61. The third-order valence-corrected chi connectivity index (χ3v) is 2.51. The van der Waals surface area contributed by atoms with E-state index in [0.717, 1.165) is 11.0 Å². The molecule has 2 rings (SSSR count). The van der Waals surface area contributed by atoms with Gasteiger partial charge < -0.3 is 69.8 Å². The van der Waals surface area contributed by atoms with Crippen molar-refractivity contribution in [3.8, 4) is 0 Å². The molecule has 2 heterocycles. The SMILES string of the molecule is NC(=O)c1ncn([C@@H]2O[C@H](CO)[C@@H](O)[C@H]2O)n1.O=P(O)(O)O.O=P(O)(O)O.O=P(O)(O)O. The summed E-state index contributed by atoms with van der Waals surface area (Å²) in [5.74, 6) is -1.03. The summed E-state index contributed by atoms with van der Waals surface area (Å²) in [6.45, 7) is -0.438. The molecule has 0 bridgehead atoms. The molecule has 1 saturated heterocycles. The summed E-state index contributed by atoms with van der Waals surface area (Å²) in [7, 11) is -13.9. The Labute approximate surface area is 176 Å². The van der Waals surface area contributed by atoms with Crippen molar-refractivity contribution < 1.29 is 82.6 Å². The number of aliphatic hydroxyl groups excluding tert-OH is 3. The van der Waals surface area contributed by atoms with Gasteiger partial charge in [0.05, 0.1) is 6.61 Å². The van der Waals surface area contributed by atoms with Crippen molar-refractivity contribution in [3.05, 3.63) is 12.2 Å². The quantitative estimate of drug-likeness (QED) is 0.159. The predicted octanol–water partition coefficient (Wildman–Crippen LogP) is -5.80. The highest BCUT2D eigenvalue weighted by Crippen LogP contribution is 2.28. The molecule has 1 aliphatic rings. The first kappa shape index (κ1) is 33.0. The average Bonchev–Trinajstić information content (AvgIpc) is 3.09. The van der Waals surface area contributed by atoms with Crippen LogP contribution in [0.2, 0.25) is 0 Å². The van der Waals surface area contributed by atoms with Gasteiger partial charge in [0.15, 0.2) is 6.23 Å². The Morgan fingerprint density at radius 1 is 0.938 bits per heavy atom. The van der Waals surface area contributed by atoms with Crippen LogP contribution in [0.5, 0.6) is 0 Å². The number of nitrogens with two attached hydrogens (primary N) is 1. The second kappa shape index (κ2) is 13.5. The lowest BCUT2D eigenvalue weighted by Gasteiger charge is -2.13. The second-order valence-electron chi connectivity index (χ2n) is 5.18. The minimum atomic E-state index is -4.64. The van der Waals surface area contributed by atoms with Gasteiger partial charge in [-0.15, -0.1) is 5.10 Å². The van der Waals surface area contributed by atoms with Gasteiger partial charge in [-0.05, 0) is 0 Å². The fraction of sp³-hybridized carbons (Fsp3) is 0.625. The standard InChI is InChI=1S/C8H12N4O5.3H3O4P/c9-6(16)7-10-2-12(11-7)8-5(15)4(14)3(1-13)17-8;3*1-5(2,3)4/h2-5,8,13-15H,1H2,(H2,9,16);3*(H3,1,2,3,4)/t3-,4-,5-,8-;;;/m1.../s1. The maximum atomic E-state index is 10.8. The Kier molecular flexibility index (Phi) is 13.9. The number of amides is 1. The van der Waals surface area contributed by atoms with E-state index in [4.69, 9.17) is 73.3 Å². The first-order chi connectivity index (χ1) is 14.0. The molecule has 190 valence electrons. The van der Waals surface area contributed by atoms with Gasteiger partial charge in [0.25, 0.3) is 5.91 Å². The van der Waals surface area contributed by atoms with Crippen molar-refractivity contribution in [1.29, 1.82) is 0 Å². The monoisotopic (exact) mass is 538 g/mol. The summed E-state index contributed by atoms with van der Waals surface area (Å²) in [5, 5.41) is 31.8. The highest BCUT2D eigenvalue weighted by atomic mass is 31.2. The molecule has 21 nitrogen and oxygen atoms in total. The predicted molar refractivity (Wildman–Crippen MR) is 94.3 cm³/mol. The average molecular weight is 538 g/mol. The molecule has 32 heavy (non-hydrogen) atoms. The normalized spacial score (nSPS) is 23.0. The third kappa shape index (κ3) is 19.5. The van der Waals surface area contributed by atoms with E-state index in [1.165, 1.54) is 0 Å². The minimum absolute atomic E-state index is 0.220. The zero-order chi connectivity index (χ0) is 26.1. The maximum Gasteiger partial charge on any atom is 0.466 e. The van der Waals surface area contributed by atoms with Gasteiger partial charge >= 0.3 is 23.5 Å². The second-order valence-corrected chi connectivity index (χ2v) is 8.26. The lowest BCUT2D eigenvalue weighted by atomic mass is 10.1. The van der Waals surface area contributed by atoms with Gasteiger partial charge in [-0.25, -0.2) is 23.4 Å². The molecule has 4 atom stereocenters. The van der Waals surface area contributed by atoms with Gasteiger partial charge in [-0.2, -0.15) is 0 Å². The molecule has 14 N–H and O–H groups in total. The number of aliphatic hydroxyl groups is 3. The number of rotatable bonds is 3. The van der Waals surface area contributed by atoms with Crippen LogP contribution in [0.15, 0.2) is 6.33 Å². The Bertz CT molecular complexity index is 772. The van der Waals surface area contributed by atoms with E-state index in [1.807, 2.05) is 0 Å². The van der Waals surface area contributed by atoms with Crippen LogP contribution in [0.3, 0.4) is 0 Å². The summed E-state index contributed by atoms with van der Waals surface area (Å²) in [5.41, 5.74) is 4.97. The topological polar surface area (TPSA) is 377 Å². The number of nitrogens with zero attached hydrogens (tertiary/aromatic N) is 3. The minimum Gasteiger partial charge on any atom is -0.394 e. The number of hydrogen-bond acceptors (Lipinski definition) is 10. The highest BCUT2D eigenvalue weighted by molar-refractivity contribution is 7.45. The molecule has 0 radical (unpaired) electrons. The Hall–Kier alpha value is -1.22. The number of carbonyl (C=O) groups is 1.